The molecule has 2 aromatic heterocycles. The highest BCUT2D eigenvalue weighted by Crippen LogP contribution is 2.37. The Morgan fingerprint density at radius 3 is 2.36 bits per heavy atom. The van der Waals surface area contributed by atoms with Gasteiger partial charge in [-0.15, -0.1) is 11.3 Å². The van der Waals surface area contributed by atoms with Crippen molar-refractivity contribution in [1.82, 2.24) is 9.97 Å². The molecular weight excluding hydrogens is 478 g/mol. The Hall–Kier alpha value is -3.46. The predicted molar refractivity (Wildman–Crippen MR) is 139 cm³/mol. The van der Waals surface area contributed by atoms with Crippen LogP contribution in [0, 0.1) is 13.8 Å². The first-order valence-corrected chi connectivity index (χ1v) is 13.0. The molecule has 9 heteroatoms. The summed E-state index contributed by atoms with van der Waals surface area (Å²) in [6.45, 7) is 5.39. The van der Waals surface area contributed by atoms with Crippen LogP contribution in [0.1, 0.15) is 75.2 Å². The van der Waals surface area contributed by atoms with Crippen molar-refractivity contribution in [2.75, 3.05) is 12.4 Å². The van der Waals surface area contributed by atoms with Crippen LogP contribution in [0.5, 0.6) is 0 Å². The summed E-state index contributed by atoms with van der Waals surface area (Å²) in [7, 11) is 1.34. The molecule has 0 saturated heterocycles. The third kappa shape index (κ3) is 5.51. The summed E-state index contributed by atoms with van der Waals surface area (Å²) in [5, 5.41) is 3.26. The molecular formula is C27H31N3O5S. The number of carbonyl (C=O) groups is 3. The van der Waals surface area contributed by atoms with Gasteiger partial charge in [-0.2, -0.15) is 0 Å². The number of amides is 1. The van der Waals surface area contributed by atoms with Gasteiger partial charge in [0, 0.05) is 16.1 Å². The SMILES string of the molecule is COC(=O)c1c(NC(=O)C(C)OC(=O)c2ccc(-c3nc(C)c(C)[nH]3)cc2)sc2c1CCCCCC2. The Morgan fingerprint density at radius 2 is 1.72 bits per heavy atom. The van der Waals surface area contributed by atoms with E-state index in [0.29, 0.717) is 16.1 Å². The first-order chi connectivity index (χ1) is 17.3. The number of aromatic amines is 1. The number of ether oxygens (including phenoxy) is 2. The number of nitrogens with one attached hydrogen (secondary N) is 2. The van der Waals surface area contributed by atoms with E-state index >= 15 is 0 Å². The number of thiophene rings is 1. The van der Waals surface area contributed by atoms with Crippen LogP contribution in [0.25, 0.3) is 11.4 Å². The van der Waals surface area contributed by atoms with E-state index in [-0.39, 0.29) is 0 Å². The lowest BCUT2D eigenvalue weighted by atomic mass is 9.96. The number of H-pyrrole nitrogens is 1. The van der Waals surface area contributed by atoms with Crippen LogP contribution >= 0.6 is 11.3 Å². The van der Waals surface area contributed by atoms with Crippen LogP contribution in [0.3, 0.4) is 0 Å². The molecule has 1 atom stereocenters. The van der Waals surface area contributed by atoms with Crippen LogP contribution in [0.4, 0.5) is 5.00 Å². The Labute approximate surface area is 214 Å². The summed E-state index contributed by atoms with van der Waals surface area (Å²) in [6.07, 6.45) is 4.91. The first kappa shape index (κ1) is 25.6. The largest absolute Gasteiger partial charge is 0.465 e. The van der Waals surface area contributed by atoms with Crippen molar-refractivity contribution in [3.8, 4) is 11.4 Å². The van der Waals surface area contributed by atoms with E-state index in [1.54, 1.807) is 24.3 Å². The van der Waals surface area contributed by atoms with E-state index in [2.05, 4.69) is 15.3 Å². The smallest absolute Gasteiger partial charge is 0.341 e. The third-order valence-corrected chi connectivity index (χ3v) is 7.68. The Bertz CT molecular complexity index is 1260. The van der Waals surface area contributed by atoms with E-state index in [4.69, 9.17) is 9.47 Å². The second-order valence-electron chi connectivity index (χ2n) is 9.02. The molecule has 0 aliphatic heterocycles. The van der Waals surface area contributed by atoms with Crippen molar-refractivity contribution >= 4 is 34.2 Å². The standard InChI is InChI=1S/C27H31N3O5S/c1-15-16(2)29-23(28-15)18-11-13-19(14-12-18)26(32)35-17(3)24(31)30-25-22(27(33)34-4)20-9-7-5-6-8-10-21(20)36-25/h11-14,17H,5-10H2,1-4H3,(H,28,29)(H,30,31). The zero-order valence-corrected chi connectivity index (χ0v) is 21.8. The van der Waals surface area contributed by atoms with Gasteiger partial charge in [0.2, 0.25) is 0 Å². The van der Waals surface area contributed by atoms with E-state index < -0.39 is 23.9 Å². The number of hydrogen-bond donors (Lipinski definition) is 2. The fourth-order valence-corrected chi connectivity index (χ4v) is 5.55. The molecule has 8 nitrogen and oxygen atoms in total. The average Bonchev–Trinajstić information content (AvgIpc) is 3.36. The number of aromatic nitrogens is 2. The Kier molecular flexibility index (Phi) is 7.88. The topological polar surface area (TPSA) is 110 Å². The van der Waals surface area contributed by atoms with E-state index in [1.165, 1.54) is 25.4 Å². The number of rotatable bonds is 6. The second-order valence-corrected chi connectivity index (χ2v) is 10.1. The molecule has 190 valence electrons. The Balaban J connectivity index is 1.45. The molecule has 1 amide bonds. The summed E-state index contributed by atoms with van der Waals surface area (Å²) < 4.78 is 10.4. The van der Waals surface area contributed by atoms with Crippen LogP contribution in [0.2, 0.25) is 0 Å². The van der Waals surface area contributed by atoms with Crippen LogP contribution < -0.4 is 5.32 Å². The van der Waals surface area contributed by atoms with Gasteiger partial charge in [-0.25, -0.2) is 14.6 Å². The lowest BCUT2D eigenvalue weighted by molar-refractivity contribution is -0.123. The number of esters is 2. The maximum Gasteiger partial charge on any atom is 0.341 e. The summed E-state index contributed by atoms with van der Waals surface area (Å²) in [5.41, 5.74) is 4.46. The highest BCUT2D eigenvalue weighted by Gasteiger charge is 2.28. The van der Waals surface area contributed by atoms with Crippen molar-refractivity contribution in [2.45, 2.75) is 65.4 Å². The number of methoxy groups -OCH3 is 1. The monoisotopic (exact) mass is 509 g/mol. The maximum atomic E-state index is 12.9. The lowest BCUT2D eigenvalue weighted by Crippen LogP contribution is -2.30. The van der Waals surface area contributed by atoms with Gasteiger partial charge in [0.05, 0.1) is 23.9 Å². The van der Waals surface area contributed by atoms with Crippen molar-refractivity contribution in [3.05, 3.63) is 57.2 Å². The van der Waals surface area contributed by atoms with Crippen LogP contribution in [-0.2, 0) is 27.1 Å². The minimum atomic E-state index is -1.05. The summed E-state index contributed by atoms with van der Waals surface area (Å²) in [5.74, 6) is -0.845. The predicted octanol–water partition coefficient (Wildman–Crippen LogP) is 5.38. The van der Waals surface area contributed by atoms with Crippen molar-refractivity contribution in [3.63, 3.8) is 0 Å². The Morgan fingerprint density at radius 1 is 1.03 bits per heavy atom. The molecule has 4 rings (SSSR count). The van der Waals surface area contributed by atoms with E-state index in [1.807, 2.05) is 13.8 Å². The van der Waals surface area contributed by atoms with Crippen LogP contribution in [0.15, 0.2) is 24.3 Å². The lowest BCUT2D eigenvalue weighted by Gasteiger charge is -2.14. The number of aryl methyl sites for hydroxylation is 3. The minimum absolute atomic E-state index is 0.327. The van der Waals surface area contributed by atoms with Gasteiger partial charge in [0.1, 0.15) is 10.8 Å². The van der Waals surface area contributed by atoms with E-state index in [0.717, 1.165) is 71.7 Å². The molecule has 2 heterocycles. The highest BCUT2D eigenvalue weighted by atomic mass is 32.1. The summed E-state index contributed by atoms with van der Waals surface area (Å²) in [4.78, 5) is 47.0. The number of hydrogen-bond acceptors (Lipinski definition) is 7. The normalized spacial score (nSPS) is 14.2. The third-order valence-electron chi connectivity index (χ3n) is 6.47. The number of anilines is 1. The summed E-state index contributed by atoms with van der Waals surface area (Å²) >= 11 is 1.41. The van der Waals surface area contributed by atoms with E-state index in [9.17, 15) is 14.4 Å². The molecule has 2 N–H and O–H groups in total. The van der Waals surface area contributed by atoms with Gasteiger partial charge in [-0.05, 0) is 64.2 Å². The van der Waals surface area contributed by atoms with Crippen LogP contribution in [-0.4, -0.2) is 41.0 Å². The van der Waals surface area contributed by atoms with Crippen molar-refractivity contribution in [2.24, 2.45) is 0 Å². The van der Waals surface area contributed by atoms with Gasteiger partial charge >= 0.3 is 11.9 Å². The number of nitrogens with zero attached hydrogens (tertiary/aromatic N) is 1. The zero-order chi connectivity index (χ0) is 25.8. The molecule has 0 saturated carbocycles. The number of imidazole rings is 1. The van der Waals surface area contributed by atoms with Gasteiger partial charge in [-0.1, -0.05) is 25.0 Å². The molecule has 0 spiro atoms. The fraction of sp³-hybridized carbons (Fsp3) is 0.407. The quantitative estimate of drug-likeness (QED) is 0.432. The van der Waals surface area contributed by atoms with Gasteiger partial charge in [0.15, 0.2) is 6.10 Å². The van der Waals surface area contributed by atoms with Crippen molar-refractivity contribution < 1.29 is 23.9 Å². The average molecular weight is 510 g/mol. The molecule has 1 aromatic carbocycles. The van der Waals surface area contributed by atoms with Gasteiger partial charge in [0.25, 0.3) is 5.91 Å². The molecule has 3 aromatic rings. The fourth-order valence-electron chi connectivity index (χ4n) is 4.27. The number of benzene rings is 1. The molecule has 0 bridgehead atoms. The van der Waals surface area contributed by atoms with Crippen molar-refractivity contribution in [1.29, 1.82) is 0 Å². The number of carbonyl (C=O) groups excluding carboxylic acids is 3. The number of fused-ring (bicyclic) bond motifs is 1. The second kappa shape index (κ2) is 11.1. The molecule has 0 radical (unpaired) electrons. The molecule has 36 heavy (non-hydrogen) atoms. The molecule has 1 unspecified atom stereocenters. The minimum Gasteiger partial charge on any atom is -0.465 e. The molecule has 1 aliphatic rings. The van der Waals surface area contributed by atoms with Gasteiger partial charge in [-0.3, -0.25) is 4.79 Å². The summed E-state index contributed by atoms with van der Waals surface area (Å²) in [6, 6.07) is 6.85. The zero-order valence-electron chi connectivity index (χ0n) is 21.0. The molecule has 0 fully saturated rings. The highest BCUT2D eigenvalue weighted by molar-refractivity contribution is 7.17. The molecule has 1 aliphatic carbocycles. The van der Waals surface area contributed by atoms with Gasteiger partial charge < -0.3 is 19.8 Å². The first-order valence-electron chi connectivity index (χ1n) is 12.2. The maximum absolute atomic E-state index is 12.9.